The molecular formula is C22H29N2O5S+. The molecule has 1 aromatic rings. The number of carbonyl (C=O) groups excluding carboxylic acids is 1. The first-order chi connectivity index (χ1) is 14.1. The molecule has 162 valence electrons. The van der Waals surface area contributed by atoms with Gasteiger partial charge >= 0.3 is 5.97 Å². The van der Waals surface area contributed by atoms with Crippen LogP contribution in [0.25, 0.3) is 0 Å². The summed E-state index contributed by atoms with van der Waals surface area (Å²) < 4.78 is 1.84. The van der Waals surface area contributed by atoms with Crippen molar-refractivity contribution in [1.82, 2.24) is 5.32 Å². The Bertz CT molecular complexity index is 892. The van der Waals surface area contributed by atoms with E-state index in [-0.39, 0.29) is 5.75 Å². The van der Waals surface area contributed by atoms with E-state index in [1.54, 1.807) is 13.0 Å². The maximum atomic E-state index is 11.4. The summed E-state index contributed by atoms with van der Waals surface area (Å²) in [5.74, 6) is -0.790. The topological polar surface area (TPSA) is 111 Å². The summed E-state index contributed by atoms with van der Waals surface area (Å²) in [4.78, 5) is 23.4. The van der Waals surface area contributed by atoms with Crippen LogP contribution in [0.1, 0.15) is 45.3 Å². The summed E-state index contributed by atoms with van der Waals surface area (Å²) in [5.41, 5.74) is 0.0456. The van der Waals surface area contributed by atoms with Crippen molar-refractivity contribution < 1.29 is 29.5 Å². The highest BCUT2D eigenvalue weighted by atomic mass is 32.2. The number of aromatic nitrogens is 1. The van der Waals surface area contributed by atoms with E-state index < -0.39 is 35.7 Å². The van der Waals surface area contributed by atoms with Crippen molar-refractivity contribution in [3.8, 4) is 0 Å². The largest absolute Gasteiger partial charge is 0.480 e. The van der Waals surface area contributed by atoms with Gasteiger partial charge in [-0.05, 0) is 50.3 Å². The molecule has 1 aromatic heterocycles. The Morgan fingerprint density at radius 2 is 2.10 bits per heavy atom. The second kappa shape index (κ2) is 8.91. The number of amides is 1. The molecule has 0 aromatic carbocycles. The number of aliphatic carboxylic acids is 1. The highest BCUT2D eigenvalue weighted by Gasteiger charge is 2.55. The smallest absolute Gasteiger partial charge is 0.327 e. The van der Waals surface area contributed by atoms with Crippen LogP contribution < -0.4 is 9.88 Å². The van der Waals surface area contributed by atoms with Crippen molar-refractivity contribution in [2.75, 3.05) is 5.75 Å². The Labute approximate surface area is 180 Å². The maximum Gasteiger partial charge on any atom is 0.327 e. The standard InChI is InChI=1S/C22H28N2O5S/c1-13(6-7-15-8-9-15)11-17-20(26)22(3,29)19-18(5-4-10-24(17)19)30-12-16(21(27)28)23-14(2)25/h4-7,10-11,15-17,20,26,29H,8-9,12H2,1-3H3,(H-,23,25,27,28)/p+1/b7-6+,13-11+/t16-,17-,20-,22-/m0/s1. The number of nitrogens with one attached hydrogen (secondary N) is 1. The van der Waals surface area contributed by atoms with Gasteiger partial charge in [-0.25, -0.2) is 4.79 Å². The molecule has 0 radical (unpaired) electrons. The van der Waals surface area contributed by atoms with Gasteiger partial charge in [0.1, 0.15) is 6.04 Å². The SMILES string of the molecule is CC(=O)N[C@@H](CSc1ccc[n+]2c1[C@](C)(O)[C@@H](O)[C@@H]2/C=C(C)/C=C/C1CC1)C(=O)O. The van der Waals surface area contributed by atoms with Gasteiger partial charge in [-0.1, -0.05) is 12.2 Å². The Kier molecular flexibility index (Phi) is 6.69. The molecule has 4 atom stereocenters. The number of carboxylic acid groups (broad SMARTS) is 1. The first-order valence-electron chi connectivity index (χ1n) is 10.1. The van der Waals surface area contributed by atoms with E-state index in [1.807, 2.05) is 29.8 Å². The number of carboxylic acids is 1. The molecule has 8 heteroatoms. The predicted molar refractivity (Wildman–Crippen MR) is 113 cm³/mol. The van der Waals surface area contributed by atoms with Crippen molar-refractivity contribution in [1.29, 1.82) is 0 Å². The van der Waals surface area contributed by atoms with Crippen molar-refractivity contribution in [3.63, 3.8) is 0 Å². The Morgan fingerprint density at radius 1 is 1.40 bits per heavy atom. The summed E-state index contributed by atoms with van der Waals surface area (Å²) in [7, 11) is 0. The fourth-order valence-electron chi connectivity index (χ4n) is 3.67. The lowest BCUT2D eigenvalue weighted by atomic mass is 9.94. The zero-order chi connectivity index (χ0) is 22.1. The van der Waals surface area contributed by atoms with Crippen LogP contribution >= 0.6 is 11.8 Å². The first-order valence-corrected chi connectivity index (χ1v) is 11.0. The number of nitrogens with zero attached hydrogens (tertiary/aromatic N) is 1. The van der Waals surface area contributed by atoms with Gasteiger partial charge in [0, 0.05) is 18.7 Å². The number of thioether (sulfide) groups is 1. The number of aliphatic hydroxyl groups excluding tert-OH is 1. The van der Waals surface area contributed by atoms with Crippen LogP contribution in [0.4, 0.5) is 0 Å². The minimum absolute atomic E-state index is 0.0990. The van der Waals surface area contributed by atoms with E-state index in [2.05, 4.69) is 17.5 Å². The lowest BCUT2D eigenvalue weighted by Crippen LogP contribution is -2.42. The summed E-state index contributed by atoms with van der Waals surface area (Å²) in [5, 5.41) is 33.7. The minimum Gasteiger partial charge on any atom is -0.480 e. The van der Waals surface area contributed by atoms with E-state index in [0.717, 1.165) is 5.57 Å². The summed E-state index contributed by atoms with van der Waals surface area (Å²) in [6.07, 6.45) is 9.38. The van der Waals surface area contributed by atoms with Crippen molar-refractivity contribution in [3.05, 3.63) is 47.8 Å². The van der Waals surface area contributed by atoms with Crippen LogP contribution in [0.3, 0.4) is 0 Å². The molecule has 1 aliphatic heterocycles. The van der Waals surface area contributed by atoms with Gasteiger partial charge in [0.25, 0.3) is 0 Å². The number of fused-ring (bicyclic) bond motifs is 1. The second-order valence-corrected chi connectivity index (χ2v) is 9.28. The zero-order valence-corrected chi connectivity index (χ0v) is 18.2. The number of rotatable bonds is 8. The van der Waals surface area contributed by atoms with Crippen LogP contribution in [0.15, 0.2) is 47.0 Å². The third kappa shape index (κ3) is 4.94. The number of pyridine rings is 1. The molecule has 1 saturated carbocycles. The van der Waals surface area contributed by atoms with Crippen LogP contribution in [-0.4, -0.2) is 45.1 Å². The highest BCUT2D eigenvalue weighted by Crippen LogP contribution is 2.40. The first kappa shape index (κ1) is 22.5. The van der Waals surface area contributed by atoms with Gasteiger partial charge in [-0.15, -0.1) is 11.8 Å². The molecule has 0 unspecified atom stereocenters. The Balaban J connectivity index is 1.87. The average molecular weight is 434 g/mol. The molecular weight excluding hydrogens is 404 g/mol. The molecule has 0 spiro atoms. The molecule has 2 aliphatic rings. The molecule has 0 saturated heterocycles. The fraction of sp³-hybridized carbons (Fsp3) is 0.500. The third-order valence-corrected chi connectivity index (χ3v) is 6.59. The van der Waals surface area contributed by atoms with E-state index in [4.69, 9.17) is 0 Å². The monoisotopic (exact) mass is 433 g/mol. The lowest BCUT2D eigenvalue weighted by molar-refractivity contribution is -0.712. The molecule has 1 fully saturated rings. The Hall–Kier alpha value is -2.16. The lowest BCUT2D eigenvalue weighted by Gasteiger charge is -2.19. The molecule has 4 N–H and O–H groups in total. The van der Waals surface area contributed by atoms with Crippen LogP contribution in [-0.2, 0) is 15.2 Å². The molecule has 30 heavy (non-hydrogen) atoms. The number of hydrogen-bond acceptors (Lipinski definition) is 5. The molecule has 1 aliphatic carbocycles. The van der Waals surface area contributed by atoms with Crippen LogP contribution in [0.2, 0.25) is 0 Å². The van der Waals surface area contributed by atoms with Crippen LogP contribution in [0.5, 0.6) is 0 Å². The second-order valence-electron chi connectivity index (χ2n) is 8.22. The number of allylic oxidation sites excluding steroid dienone is 3. The summed E-state index contributed by atoms with van der Waals surface area (Å²) in [6, 6.07) is 2.11. The Morgan fingerprint density at radius 3 is 2.70 bits per heavy atom. The molecule has 2 heterocycles. The fourth-order valence-corrected chi connectivity index (χ4v) is 4.87. The molecule has 3 rings (SSSR count). The number of hydrogen-bond donors (Lipinski definition) is 4. The van der Waals surface area contributed by atoms with Crippen molar-refractivity contribution >= 4 is 23.6 Å². The van der Waals surface area contributed by atoms with Gasteiger partial charge < -0.3 is 20.6 Å². The summed E-state index contributed by atoms with van der Waals surface area (Å²) >= 11 is 1.23. The van der Waals surface area contributed by atoms with E-state index in [0.29, 0.717) is 16.5 Å². The minimum atomic E-state index is -1.50. The maximum absolute atomic E-state index is 11.4. The molecule has 1 amide bonds. The van der Waals surface area contributed by atoms with Crippen molar-refractivity contribution in [2.45, 2.75) is 62.3 Å². The predicted octanol–water partition coefficient (Wildman–Crippen LogP) is 1.69. The van der Waals surface area contributed by atoms with Gasteiger partial charge in [0.2, 0.25) is 17.6 Å². The van der Waals surface area contributed by atoms with Gasteiger partial charge in [0.05, 0.1) is 4.90 Å². The zero-order valence-electron chi connectivity index (χ0n) is 17.4. The van der Waals surface area contributed by atoms with Gasteiger partial charge in [-0.2, -0.15) is 4.57 Å². The van der Waals surface area contributed by atoms with E-state index in [9.17, 15) is 24.9 Å². The normalized spacial score (nSPS) is 27.2. The average Bonchev–Trinajstić information content (AvgIpc) is 3.48. The van der Waals surface area contributed by atoms with Crippen molar-refractivity contribution in [2.24, 2.45) is 5.92 Å². The molecule has 7 nitrogen and oxygen atoms in total. The number of carbonyl (C=O) groups is 2. The highest BCUT2D eigenvalue weighted by molar-refractivity contribution is 7.99. The summed E-state index contributed by atoms with van der Waals surface area (Å²) in [6.45, 7) is 4.82. The molecule has 0 bridgehead atoms. The van der Waals surface area contributed by atoms with E-state index in [1.165, 1.54) is 31.5 Å². The quantitative estimate of drug-likeness (QED) is 0.282. The number of aliphatic hydroxyl groups is 2. The van der Waals surface area contributed by atoms with Crippen LogP contribution in [0, 0.1) is 5.92 Å². The van der Waals surface area contributed by atoms with Gasteiger partial charge in [0.15, 0.2) is 17.9 Å². The van der Waals surface area contributed by atoms with E-state index >= 15 is 0 Å². The van der Waals surface area contributed by atoms with Gasteiger partial charge in [-0.3, -0.25) is 4.79 Å². The third-order valence-electron chi connectivity index (χ3n) is 5.45.